The molecular weight excluding hydrogens is 959 g/mol. The lowest BCUT2D eigenvalue weighted by Crippen LogP contribution is -2.40. The van der Waals surface area contributed by atoms with Crippen molar-refractivity contribution in [2.75, 3.05) is 47.5 Å². The molecule has 0 amide bonds. The van der Waals surface area contributed by atoms with Crippen LogP contribution in [0.4, 0.5) is 0 Å². The molecule has 0 aromatic rings. The number of aliphatic carboxylic acids is 1. The maximum absolute atomic E-state index is 12.9. The summed E-state index contributed by atoms with van der Waals surface area (Å²) in [6, 6.07) is 0. The zero-order chi connectivity index (χ0) is 56.2. The fraction of sp³-hybridized carbons (Fsp3) is 0.691. The van der Waals surface area contributed by atoms with Crippen molar-refractivity contribution in [2.45, 2.75) is 257 Å². The van der Waals surface area contributed by atoms with Gasteiger partial charge in [0.25, 0.3) is 6.29 Å². The number of quaternary nitrogens is 1. The lowest BCUT2D eigenvalue weighted by atomic mass is 10.0. The fourth-order valence-corrected chi connectivity index (χ4v) is 8.33. The Morgan fingerprint density at radius 2 is 0.701 bits per heavy atom. The summed E-state index contributed by atoms with van der Waals surface area (Å²) in [7, 11) is 5.96. The van der Waals surface area contributed by atoms with Gasteiger partial charge in [0.1, 0.15) is 13.2 Å². The van der Waals surface area contributed by atoms with E-state index in [2.05, 4.69) is 123 Å². The van der Waals surface area contributed by atoms with Crippen molar-refractivity contribution < 1.29 is 42.9 Å². The SMILES string of the molecule is CC/C=C\C/C=C\C/C=C\C/C=C\C/C=C\CCCCCCCC(=O)OC(COC(=O)CCCCCCCCCCCCCCCCCCCC/C=C\C/C=C\C/C=C\C/C=C\CC)COC(OCC[N+](C)(C)C)C(=O)O. The first-order valence-electron chi connectivity index (χ1n) is 31.1. The van der Waals surface area contributed by atoms with Crippen molar-refractivity contribution in [3.8, 4) is 0 Å². The molecule has 9 heteroatoms. The van der Waals surface area contributed by atoms with Gasteiger partial charge in [-0.3, -0.25) is 9.59 Å². The van der Waals surface area contributed by atoms with Crippen LogP contribution in [0.2, 0.25) is 0 Å². The average molecular weight is 1080 g/mol. The highest BCUT2D eigenvalue weighted by atomic mass is 16.7. The molecule has 0 aliphatic carbocycles. The molecule has 77 heavy (non-hydrogen) atoms. The number of esters is 2. The van der Waals surface area contributed by atoms with Gasteiger partial charge in [-0.2, -0.15) is 0 Å². The quantitative estimate of drug-likeness (QED) is 0.0211. The Bertz CT molecular complexity index is 1630. The highest BCUT2D eigenvalue weighted by Gasteiger charge is 2.25. The van der Waals surface area contributed by atoms with Gasteiger partial charge in [-0.05, 0) is 96.3 Å². The minimum absolute atomic E-state index is 0.179. The molecule has 0 bridgehead atoms. The number of carbonyl (C=O) groups is 3. The minimum Gasteiger partial charge on any atom is -0.477 e. The minimum atomic E-state index is -1.52. The zero-order valence-corrected chi connectivity index (χ0v) is 50.1. The molecule has 0 saturated carbocycles. The average Bonchev–Trinajstić information content (AvgIpc) is 3.40. The van der Waals surface area contributed by atoms with Gasteiger partial charge in [0, 0.05) is 12.8 Å². The highest BCUT2D eigenvalue weighted by Crippen LogP contribution is 2.16. The number of carboxylic acid groups (broad SMARTS) is 1. The van der Waals surface area contributed by atoms with Crippen LogP contribution in [-0.2, 0) is 33.3 Å². The molecule has 0 fully saturated rings. The van der Waals surface area contributed by atoms with E-state index in [9.17, 15) is 19.5 Å². The second kappa shape index (κ2) is 58.1. The van der Waals surface area contributed by atoms with Crippen molar-refractivity contribution in [3.63, 3.8) is 0 Å². The maximum atomic E-state index is 12.9. The van der Waals surface area contributed by atoms with Crippen LogP contribution in [0.1, 0.15) is 245 Å². The van der Waals surface area contributed by atoms with Gasteiger partial charge in [0.2, 0.25) is 0 Å². The predicted molar refractivity (Wildman–Crippen MR) is 327 cm³/mol. The van der Waals surface area contributed by atoms with E-state index in [-0.39, 0.29) is 32.2 Å². The number of carboxylic acids is 1. The first kappa shape index (κ1) is 73.0. The molecule has 0 heterocycles. The van der Waals surface area contributed by atoms with E-state index in [1.807, 2.05) is 21.1 Å². The molecule has 1 N–H and O–H groups in total. The summed E-state index contributed by atoms with van der Waals surface area (Å²) in [5.74, 6) is -2.03. The molecular formula is C68H116NO8+. The third-order valence-electron chi connectivity index (χ3n) is 13.0. The molecule has 0 spiro atoms. The summed E-state index contributed by atoms with van der Waals surface area (Å²) in [4.78, 5) is 37.5. The molecule has 9 nitrogen and oxygen atoms in total. The standard InChI is InChI=1S/C68H115NO8/c1-6-8-10-12-14-16-18-20-22-24-26-28-29-30-31-32-33-34-35-36-37-39-40-42-44-46-48-50-52-54-56-58-65(70)75-62-64(63-76-68(67(72)73)74-61-60-69(3,4)5)77-66(71)59-57-55-53-51-49-47-45-43-41-38-27-25-23-21-19-17-15-13-11-9-7-2/h8-11,14-17,20-23,26-28,38,43,45,64,68H,6-7,12-13,18-19,24-25,29-37,39-42,44,46-63H2,1-5H3/p+1/b10-8-,11-9-,16-14-,17-15-,22-20-,23-21-,28-26-,38-27-,45-43-. The Labute approximate surface area is 473 Å². The predicted octanol–water partition coefficient (Wildman–Crippen LogP) is 18.7. The molecule has 440 valence electrons. The largest absolute Gasteiger partial charge is 0.477 e. The first-order chi connectivity index (χ1) is 37.6. The number of carbonyl (C=O) groups excluding carboxylic acids is 2. The van der Waals surface area contributed by atoms with Crippen molar-refractivity contribution in [1.29, 1.82) is 0 Å². The smallest absolute Gasteiger partial charge is 0.361 e. The summed E-state index contributed by atoms with van der Waals surface area (Å²) in [6.07, 6.45) is 77.5. The Morgan fingerprint density at radius 3 is 1.04 bits per heavy atom. The molecule has 2 atom stereocenters. The summed E-state index contributed by atoms with van der Waals surface area (Å²) in [6.45, 7) is 4.63. The zero-order valence-electron chi connectivity index (χ0n) is 50.1. The van der Waals surface area contributed by atoms with Crippen LogP contribution >= 0.6 is 0 Å². The van der Waals surface area contributed by atoms with Gasteiger partial charge in [0.15, 0.2) is 6.10 Å². The van der Waals surface area contributed by atoms with Crippen LogP contribution in [0.25, 0.3) is 0 Å². The molecule has 0 aromatic heterocycles. The molecule has 0 saturated heterocycles. The Balaban J connectivity index is 4.18. The second-order valence-electron chi connectivity index (χ2n) is 21.6. The van der Waals surface area contributed by atoms with Crippen LogP contribution in [0.5, 0.6) is 0 Å². The number of ether oxygens (including phenoxy) is 4. The van der Waals surface area contributed by atoms with Crippen LogP contribution in [-0.4, -0.2) is 87.4 Å². The van der Waals surface area contributed by atoms with Gasteiger partial charge < -0.3 is 28.5 Å². The number of nitrogens with zero attached hydrogens (tertiary/aromatic N) is 1. The first-order valence-corrected chi connectivity index (χ1v) is 31.1. The number of unbranched alkanes of at least 4 members (excludes halogenated alkanes) is 23. The van der Waals surface area contributed by atoms with Gasteiger partial charge in [-0.25, -0.2) is 4.79 Å². The van der Waals surface area contributed by atoms with Gasteiger partial charge in [-0.15, -0.1) is 0 Å². The third kappa shape index (κ3) is 59.5. The molecule has 0 aliphatic heterocycles. The number of likely N-dealkylation sites (N-methyl/N-ethyl adjacent to an activating group) is 1. The number of rotatable bonds is 56. The van der Waals surface area contributed by atoms with Gasteiger partial charge >= 0.3 is 17.9 Å². The summed E-state index contributed by atoms with van der Waals surface area (Å²) in [5, 5.41) is 9.72. The third-order valence-corrected chi connectivity index (χ3v) is 13.0. The topological polar surface area (TPSA) is 108 Å². The number of hydrogen-bond acceptors (Lipinski definition) is 7. The Hall–Kier alpha value is -4.05. The monoisotopic (exact) mass is 1070 g/mol. The summed E-state index contributed by atoms with van der Waals surface area (Å²) >= 11 is 0. The van der Waals surface area contributed by atoms with Crippen molar-refractivity contribution in [3.05, 3.63) is 109 Å². The van der Waals surface area contributed by atoms with E-state index in [1.165, 1.54) is 103 Å². The van der Waals surface area contributed by atoms with E-state index in [0.29, 0.717) is 23.9 Å². The van der Waals surface area contributed by atoms with E-state index in [4.69, 9.17) is 18.9 Å². The van der Waals surface area contributed by atoms with Gasteiger partial charge in [0.05, 0.1) is 34.4 Å². The van der Waals surface area contributed by atoms with E-state index >= 15 is 0 Å². The van der Waals surface area contributed by atoms with E-state index in [1.54, 1.807) is 0 Å². The normalized spacial score (nSPS) is 13.5. The molecule has 2 unspecified atom stereocenters. The fourth-order valence-electron chi connectivity index (χ4n) is 8.33. The molecule has 0 aromatic carbocycles. The summed E-state index contributed by atoms with van der Waals surface area (Å²) in [5.41, 5.74) is 0. The van der Waals surface area contributed by atoms with Gasteiger partial charge in [-0.1, -0.05) is 245 Å². The van der Waals surface area contributed by atoms with E-state index < -0.39 is 24.3 Å². The van der Waals surface area contributed by atoms with Crippen molar-refractivity contribution in [2.24, 2.45) is 0 Å². The van der Waals surface area contributed by atoms with Crippen LogP contribution in [0.15, 0.2) is 109 Å². The Kier molecular flexibility index (Phi) is 55.1. The second-order valence-corrected chi connectivity index (χ2v) is 21.6. The number of allylic oxidation sites excluding steroid dienone is 18. The van der Waals surface area contributed by atoms with Crippen LogP contribution < -0.4 is 0 Å². The molecule has 0 aliphatic rings. The van der Waals surface area contributed by atoms with Crippen molar-refractivity contribution >= 4 is 17.9 Å². The number of hydrogen-bond donors (Lipinski definition) is 1. The Morgan fingerprint density at radius 1 is 0.390 bits per heavy atom. The molecule has 0 radical (unpaired) electrons. The molecule has 0 rings (SSSR count). The van der Waals surface area contributed by atoms with Crippen LogP contribution in [0.3, 0.4) is 0 Å². The summed E-state index contributed by atoms with van der Waals surface area (Å²) < 4.78 is 22.9. The maximum Gasteiger partial charge on any atom is 0.361 e. The van der Waals surface area contributed by atoms with E-state index in [0.717, 1.165) is 109 Å². The lowest BCUT2D eigenvalue weighted by molar-refractivity contribution is -0.870. The highest BCUT2D eigenvalue weighted by molar-refractivity contribution is 5.71. The lowest BCUT2D eigenvalue weighted by Gasteiger charge is -2.25. The van der Waals surface area contributed by atoms with Crippen molar-refractivity contribution in [1.82, 2.24) is 0 Å². The van der Waals surface area contributed by atoms with Crippen LogP contribution in [0, 0.1) is 0 Å².